The molecule has 0 fully saturated rings. The molecule has 0 aliphatic rings. The fourth-order valence-corrected chi connectivity index (χ4v) is 4.22. The van der Waals surface area contributed by atoms with Crippen LogP contribution in [0.25, 0.3) is 0 Å². The van der Waals surface area contributed by atoms with Gasteiger partial charge in [-0.05, 0) is 36.4 Å². The van der Waals surface area contributed by atoms with Gasteiger partial charge in [0.15, 0.2) is 0 Å². The summed E-state index contributed by atoms with van der Waals surface area (Å²) in [4.78, 5) is 12.6. The number of hydrazone groups is 1. The molecule has 0 unspecified atom stereocenters. The fourth-order valence-electron chi connectivity index (χ4n) is 2.84. The van der Waals surface area contributed by atoms with Gasteiger partial charge >= 0.3 is 0 Å². The summed E-state index contributed by atoms with van der Waals surface area (Å²) in [7, 11) is -0.893. The molecule has 9 nitrogen and oxygen atoms in total. The normalized spacial score (nSPS) is 11.6. The number of nitrogens with zero attached hydrogens (tertiary/aromatic N) is 2. The van der Waals surface area contributed by atoms with Crippen LogP contribution >= 0.6 is 0 Å². The van der Waals surface area contributed by atoms with Crippen molar-refractivity contribution in [3.8, 4) is 11.5 Å². The molecule has 0 saturated carbocycles. The first-order chi connectivity index (χ1) is 15.4. The second-order valence-electron chi connectivity index (χ2n) is 6.57. The number of sulfonamides is 1. The molecule has 1 heterocycles. The topological polar surface area (TPSA) is 110 Å². The molecular weight excluding hydrogens is 434 g/mol. The molecule has 1 N–H and O–H groups in total. The molecule has 1 aromatic heterocycles. The number of carbonyl (C=O) groups excluding carboxylic acids is 1. The summed E-state index contributed by atoms with van der Waals surface area (Å²) in [5.41, 5.74) is 2.96. The largest absolute Gasteiger partial charge is 0.497 e. The molecule has 0 aliphatic heterocycles. The zero-order valence-electron chi connectivity index (χ0n) is 17.6. The number of carbonyl (C=O) groups is 1. The molecule has 1 amide bonds. The van der Waals surface area contributed by atoms with Gasteiger partial charge in [-0.3, -0.25) is 4.79 Å². The first-order valence-electron chi connectivity index (χ1n) is 9.55. The van der Waals surface area contributed by atoms with Crippen molar-refractivity contribution in [1.82, 2.24) is 9.73 Å². The van der Waals surface area contributed by atoms with E-state index in [1.54, 1.807) is 55.6 Å². The van der Waals surface area contributed by atoms with Crippen molar-refractivity contribution in [2.75, 3.05) is 20.8 Å². The first kappa shape index (κ1) is 23.0. The van der Waals surface area contributed by atoms with Gasteiger partial charge in [0.1, 0.15) is 17.3 Å². The van der Waals surface area contributed by atoms with Crippen LogP contribution in [0.2, 0.25) is 0 Å². The summed E-state index contributed by atoms with van der Waals surface area (Å²) in [5.74, 6) is 0.916. The highest BCUT2D eigenvalue weighted by Gasteiger charge is 2.27. The Kier molecular flexibility index (Phi) is 7.63. The number of furan rings is 1. The van der Waals surface area contributed by atoms with Crippen LogP contribution in [0.3, 0.4) is 0 Å². The zero-order valence-corrected chi connectivity index (χ0v) is 18.4. The third-order valence-corrected chi connectivity index (χ3v) is 6.25. The minimum absolute atomic E-state index is 0.0748. The quantitative estimate of drug-likeness (QED) is 0.370. The van der Waals surface area contributed by atoms with Crippen LogP contribution in [0.4, 0.5) is 0 Å². The number of amides is 1. The summed E-state index contributed by atoms with van der Waals surface area (Å²) in [6.45, 7) is -0.553. The molecule has 10 heteroatoms. The molecule has 0 aliphatic carbocycles. The maximum Gasteiger partial charge on any atom is 0.255 e. The average molecular weight is 458 g/mol. The van der Waals surface area contributed by atoms with Crippen LogP contribution in [0.1, 0.15) is 11.3 Å². The molecule has 168 valence electrons. The standard InChI is InChI=1S/C22H23N3O6S/c1-29-18-11-10-17(21(13-18)30-2)14-23-24-22(26)16-25(15-19-7-6-12-31-19)32(27,28)20-8-4-3-5-9-20/h3-14H,15-16H2,1-2H3,(H,24,26). The monoisotopic (exact) mass is 457 g/mol. The van der Waals surface area contributed by atoms with Gasteiger partial charge in [-0.2, -0.15) is 9.41 Å². The number of nitrogens with one attached hydrogen (secondary N) is 1. The molecule has 3 rings (SSSR count). The smallest absolute Gasteiger partial charge is 0.255 e. The van der Waals surface area contributed by atoms with Crippen LogP contribution in [-0.2, 0) is 21.4 Å². The van der Waals surface area contributed by atoms with Crippen LogP contribution in [0.15, 0.2) is 81.3 Å². The van der Waals surface area contributed by atoms with Crippen LogP contribution in [0, 0.1) is 0 Å². The van der Waals surface area contributed by atoms with E-state index in [9.17, 15) is 13.2 Å². The molecule has 0 radical (unpaired) electrons. The van der Waals surface area contributed by atoms with E-state index in [4.69, 9.17) is 13.9 Å². The van der Waals surface area contributed by atoms with Gasteiger partial charge in [0.05, 0.1) is 44.7 Å². The minimum Gasteiger partial charge on any atom is -0.497 e. The SMILES string of the molecule is COc1ccc(C=NNC(=O)CN(Cc2ccco2)S(=O)(=O)c2ccccc2)c(OC)c1. The number of benzene rings is 2. The predicted octanol–water partition coefficient (Wildman–Crippen LogP) is 2.64. The van der Waals surface area contributed by atoms with E-state index in [-0.39, 0.29) is 11.4 Å². The summed E-state index contributed by atoms with van der Waals surface area (Å²) in [6.07, 6.45) is 2.84. The van der Waals surface area contributed by atoms with Gasteiger partial charge in [0.2, 0.25) is 10.0 Å². The number of hydrogen-bond donors (Lipinski definition) is 1. The van der Waals surface area contributed by atoms with E-state index in [1.165, 1.54) is 31.7 Å². The van der Waals surface area contributed by atoms with Crippen LogP contribution < -0.4 is 14.9 Å². The summed E-state index contributed by atoms with van der Waals surface area (Å²) in [5, 5.41) is 3.92. The third kappa shape index (κ3) is 5.74. The van der Waals surface area contributed by atoms with Crippen molar-refractivity contribution in [3.05, 3.63) is 78.3 Å². The molecule has 3 aromatic rings. The Bertz CT molecular complexity index is 1160. The molecular formula is C22H23N3O6S. The lowest BCUT2D eigenvalue weighted by atomic mass is 10.2. The van der Waals surface area contributed by atoms with Gasteiger partial charge < -0.3 is 13.9 Å². The second-order valence-corrected chi connectivity index (χ2v) is 8.50. The second kappa shape index (κ2) is 10.6. The number of methoxy groups -OCH3 is 2. The predicted molar refractivity (Wildman–Crippen MR) is 118 cm³/mol. The van der Waals surface area contributed by atoms with Gasteiger partial charge in [0, 0.05) is 11.6 Å². The Labute approximate surface area is 186 Å². The molecule has 0 spiro atoms. The van der Waals surface area contributed by atoms with Gasteiger partial charge in [-0.1, -0.05) is 18.2 Å². The van der Waals surface area contributed by atoms with Crippen LogP contribution in [0.5, 0.6) is 11.5 Å². The number of rotatable bonds is 10. The highest BCUT2D eigenvalue weighted by molar-refractivity contribution is 7.89. The van der Waals surface area contributed by atoms with Gasteiger partial charge in [-0.25, -0.2) is 13.8 Å². The third-order valence-electron chi connectivity index (χ3n) is 4.45. The van der Waals surface area contributed by atoms with Crippen molar-refractivity contribution >= 4 is 22.1 Å². The lowest BCUT2D eigenvalue weighted by molar-refractivity contribution is -0.121. The van der Waals surface area contributed by atoms with Crippen molar-refractivity contribution in [3.63, 3.8) is 0 Å². The Morgan fingerprint density at radius 3 is 2.53 bits per heavy atom. The Morgan fingerprint density at radius 2 is 1.88 bits per heavy atom. The first-order valence-corrected chi connectivity index (χ1v) is 11.0. The van der Waals surface area contributed by atoms with Crippen LogP contribution in [-0.4, -0.2) is 45.6 Å². The lowest BCUT2D eigenvalue weighted by Gasteiger charge is -2.20. The summed E-state index contributed by atoms with van der Waals surface area (Å²) >= 11 is 0. The summed E-state index contributed by atoms with van der Waals surface area (Å²) in [6, 6.07) is 16.3. The molecule has 0 bridgehead atoms. The van der Waals surface area contributed by atoms with E-state index in [0.29, 0.717) is 22.8 Å². The van der Waals surface area contributed by atoms with E-state index in [2.05, 4.69) is 10.5 Å². The molecule has 0 saturated heterocycles. The zero-order chi connectivity index (χ0) is 23.0. The molecule has 0 atom stereocenters. The maximum absolute atomic E-state index is 13.1. The van der Waals surface area contributed by atoms with Crippen molar-refractivity contribution < 1.29 is 27.1 Å². The van der Waals surface area contributed by atoms with Gasteiger partial charge in [-0.15, -0.1) is 0 Å². The maximum atomic E-state index is 13.1. The van der Waals surface area contributed by atoms with Crippen molar-refractivity contribution in [1.29, 1.82) is 0 Å². The summed E-state index contributed by atoms with van der Waals surface area (Å²) < 4.78 is 42.9. The number of hydrogen-bond acceptors (Lipinski definition) is 7. The fraction of sp³-hybridized carbons (Fsp3) is 0.182. The molecule has 2 aromatic carbocycles. The van der Waals surface area contributed by atoms with Crippen molar-refractivity contribution in [2.24, 2.45) is 5.10 Å². The number of ether oxygens (including phenoxy) is 2. The van der Waals surface area contributed by atoms with E-state index in [0.717, 1.165) is 4.31 Å². The Morgan fingerprint density at radius 1 is 1.09 bits per heavy atom. The molecule has 32 heavy (non-hydrogen) atoms. The van der Waals surface area contributed by atoms with E-state index in [1.807, 2.05) is 0 Å². The highest BCUT2D eigenvalue weighted by atomic mass is 32.2. The van der Waals surface area contributed by atoms with E-state index < -0.39 is 22.5 Å². The average Bonchev–Trinajstić information content (AvgIpc) is 3.32. The Balaban J connectivity index is 1.73. The van der Waals surface area contributed by atoms with Crippen molar-refractivity contribution in [2.45, 2.75) is 11.4 Å². The minimum atomic E-state index is -3.94. The highest BCUT2D eigenvalue weighted by Crippen LogP contribution is 2.23. The lowest BCUT2D eigenvalue weighted by Crippen LogP contribution is -2.39. The van der Waals surface area contributed by atoms with E-state index >= 15 is 0 Å². The Hall–Kier alpha value is -3.63. The van der Waals surface area contributed by atoms with Gasteiger partial charge in [0.25, 0.3) is 5.91 Å².